The van der Waals surface area contributed by atoms with Crippen molar-refractivity contribution in [3.05, 3.63) is 22.7 Å². The second-order valence-corrected chi connectivity index (χ2v) is 5.11. The van der Waals surface area contributed by atoms with Crippen LogP contribution in [0.1, 0.15) is 24.4 Å². The number of aliphatic carboxylic acids is 1. The average molecular weight is 314 g/mol. The Morgan fingerprint density at radius 2 is 2.10 bits per heavy atom. The van der Waals surface area contributed by atoms with Gasteiger partial charge in [0.15, 0.2) is 17.5 Å². The molecule has 0 aromatic heterocycles. The van der Waals surface area contributed by atoms with Crippen LogP contribution < -0.4 is 9.47 Å². The summed E-state index contributed by atoms with van der Waals surface area (Å²) in [7, 11) is 2.88. The maximum Gasteiger partial charge on any atom is 0.331 e. The van der Waals surface area contributed by atoms with E-state index in [-0.39, 0.29) is 16.8 Å². The summed E-state index contributed by atoms with van der Waals surface area (Å²) in [5.41, 5.74) is 0.306. The van der Waals surface area contributed by atoms with Crippen molar-refractivity contribution < 1.29 is 24.2 Å². The third kappa shape index (κ3) is 2.90. The number of carbonyl (C=O) groups is 2. The monoisotopic (exact) mass is 313 g/mol. The lowest BCUT2D eigenvalue weighted by Crippen LogP contribution is -2.35. The van der Waals surface area contributed by atoms with Gasteiger partial charge in [0.25, 0.3) is 0 Å². The molecule has 21 heavy (non-hydrogen) atoms. The van der Waals surface area contributed by atoms with Crippen LogP contribution in [0.2, 0.25) is 5.02 Å². The van der Waals surface area contributed by atoms with E-state index in [2.05, 4.69) is 0 Å². The number of rotatable bonds is 7. The van der Waals surface area contributed by atoms with Gasteiger partial charge in [0, 0.05) is 11.6 Å². The topological polar surface area (TPSA) is 76.1 Å². The molecule has 1 aliphatic carbocycles. The number of carboxylic acids is 1. The zero-order valence-corrected chi connectivity index (χ0v) is 12.5. The average Bonchev–Trinajstić information content (AvgIpc) is 3.29. The Balaban J connectivity index is 2.50. The van der Waals surface area contributed by atoms with Crippen molar-refractivity contribution in [1.29, 1.82) is 0 Å². The summed E-state index contributed by atoms with van der Waals surface area (Å²) < 4.78 is 10.3. The van der Waals surface area contributed by atoms with Crippen LogP contribution in [0.25, 0.3) is 0 Å². The second-order valence-electron chi connectivity index (χ2n) is 4.73. The van der Waals surface area contributed by atoms with Crippen molar-refractivity contribution in [2.45, 2.75) is 24.9 Å². The molecule has 0 spiro atoms. The highest BCUT2D eigenvalue weighted by atomic mass is 35.5. The highest BCUT2D eigenvalue weighted by Gasteiger charge is 2.39. The van der Waals surface area contributed by atoms with E-state index in [1.54, 1.807) is 12.1 Å². The van der Waals surface area contributed by atoms with Gasteiger partial charge in [0.1, 0.15) is 0 Å². The number of ether oxygens (including phenoxy) is 2. The van der Waals surface area contributed by atoms with Crippen LogP contribution in [0.3, 0.4) is 0 Å². The molecule has 114 valence electrons. The van der Waals surface area contributed by atoms with Crippen LogP contribution >= 0.6 is 11.6 Å². The number of hydrogen-bond acceptors (Lipinski definition) is 4. The van der Waals surface area contributed by atoms with E-state index >= 15 is 0 Å². The maximum atomic E-state index is 11.6. The highest BCUT2D eigenvalue weighted by molar-refractivity contribution is 6.33. The van der Waals surface area contributed by atoms with Crippen LogP contribution in [0.4, 0.5) is 0 Å². The number of hydrogen-bond donors (Lipinski definition) is 1. The smallest absolute Gasteiger partial charge is 0.331 e. The molecule has 1 amide bonds. The molecule has 1 saturated carbocycles. The Morgan fingerprint density at radius 1 is 1.43 bits per heavy atom. The van der Waals surface area contributed by atoms with Crippen LogP contribution in [0.5, 0.6) is 11.5 Å². The van der Waals surface area contributed by atoms with Gasteiger partial charge in [-0.1, -0.05) is 17.7 Å². The predicted octanol–water partition coefficient (Wildman–Crippen LogP) is 2.10. The van der Waals surface area contributed by atoms with Crippen molar-refractivity contribution >= 4 is 24.0 Å². The first-order valence-corrected chi connectivity index (χ1v) is 6.78. The highest BCUT2D eigenvalue weighted by Crippen LogP contribution is 2.42. The Labute approximate surface area is 127 Å². The summed E-state index contributed by atoms with van der Waals surface area (Å²) in [6.45, 7) is 0. The Kier molecular flexibility index (Phi) is 4.57. The molecule has 2 rings (SSSR count). The van der Waals surface area contributed by atoms with Crippen molar-refractivity contribution in [3.63, 3.8) is 0 Å². The quantitative estimate of drug-likeness (QED) is 0.780. The Bertz CT molecular complexity index is 559. The molecule has 1 N–H and O–H groups in total. The minimum atomic E-state index is -1.14. The SMILES string of the molecule is COc1ccc(C(C(=O)O)N(C=O)C2CC2)c(Cl)c1OC. The fourth-order valence-corrected chi connectivity index (χ4v) is 2.60. The number of halogens is 1. The minimum absolute atomic E-state index is 0.0484. The third-order valence-corrected chi connectivity index (χ3v) is 3.82. The number of carbonyl (C=O) groups excluding carboxylic acids is 1. The zero-order valence-electron chi connectivity index (χ0n) is 11.7. The van der Waals surface area contributed by atoms with Gasteiger partial charge in [-0.25, -0.2) is 4.79 Å². The summed E-state index contributed by atoms with van der Waals surface area (Å²) in [6, 6.07) is 1.93. The maximum absolute atomic E-state index is 11.6. The number of methoxy groups -OCH3 is 2. The van der Waals surface area contributed by atoms with Crippen LogP contribution in [-0.2, 0) is 9.59 Å². The standard InChI is InChI=1S/C14H16ClNO5/c1-20-10-6-5-9(11(15)13(10)21-2)12(14(18)19)16(7-17)8-3-4-8/h5-8,12H,3-4H2,1-2H3,(H,18,19). The zero-order chi connectivity index (χ0) is 15.6. The van der Waals surface area contributed by atoms with Gasteiger partial charge in [-0.2, -0.15) is 0 Å². The lowest BCUT2D eigenvalue weighted by molar-refractivity contribution is -0.147. The van der Waals surface area contributed by atoms with Crippen LogP contribution in [0, 0.1) is 0 Å². The van der Waals surface area contributed by atoms with E-state index in [1.807, 2.05) is 0 Å². The molecule has 7 heteroatoms. The molecule has 6 nitrogen and oxygen atoms in total. The van der Waals surface area contributed by atoms with Gasteiger partial charge in [-0.05, 0) is 18.9 Å². The summed E-state index contributed by atoms with van der Waals surface area (Å²) >= 11 is 6.25. The van der Waals surface area contributed by atoms with Gasteiger partial charge < -0.3 is 19.5 Å². The lowest BCUT2D eigenvalue weighted by Gasteiger charge is -2.26. The molecule has 0 saturated heterocycles. The van der Waals surface area contributed by atoms with Crippen molar-refractivity contribution in [1.82, 2.24) is 4.90 Å². The van der Waals surface area contributed by atoms with Crippen molar-refractivity contribution in [2.75, 3.05) is 14.2 Å². The first kappa shape index (κ1) is 15.4. The van der Waals surface area contributed by atoms with E-state index in [0.29, 0.717) is 17.7 Å². The van der Waals surface area contributed by atoms with Crippen molar-refractivity contribution in [2.24, 2.45) is 0 Å². The van der Waals surface area contributed by atoms with E-state index in [4.69, 9.17) is 21.1 Å². The number of amides is 1. The largest absolute Gasteiger partial charge is 0.493 e. The normalized spacial score (nSPS) is 15.2. The molecule has 0 aliphatic heterocycles. The predicted molar refractivity (Wildman–Crippen MR) is 75.9 cm³/mol. The first-order chi connectivity index (χ1) is 10.0. The van der Waals surface area contributed by atoms with E-state index in [9.17, 15) is 14.7 Å². The molecule has 1 fully saturated rings. The third-order valence-electron chi connectivity index (χ3n) is 3.43. The molecule has 0 bridgehead atoms. The molecule has 1 aliphatic rings. The van der Waals surface area contributed by atoms with Gasteiger partial charge in [0.2, 0.25) is 6.41 Å². The van der Waals surface area contributed by atoms with E-state index in [0.717, 1.165) is 12.8 Å². The van der Waals surface area contributed by atoms with Crippen LogP contribution in [0.15, 0.2) is 12.1 Å². The van der Waals surface area contributed by atoms with E-state index in [1.165, 1.54) is 19.1 Å². The van der Waals surface area contributed by atoms with Crippen LogP contribution in [-0.4, -0.2) is 42.6 Å². The molecule has 0 heterocycles. The Hall–Kier alpha value is -1.95. The molecular formula is C14H16ClNO5. The molecule has 1 atom stereocenters. The molecule has 1 aromatic carbocycles. The Morgan fingerprint density at radius 3 is 2.52 bits per heavy atom. The number of nitrogens with zero attached hydrogens (tertiary/aromatic N) is 1. The van der Waals surface area contributed by atoms with Gasteiger partial charge in [-0.15, -0.1) is 0 Å². The summed E-state index contributed by atoms with van der Waals surface area (Å²) in [5, 5.41) is 9.62. The number of benzene rings is 1. The van der Waals surface area contributed by atoms with Crippen molar-refractivity contribution in [3.8, 4) is 11.5 Å². The number of carboxylic acid groups (broad SMARTS) is 1. The van der Waals surface area contributed by atoms with Gasteiger partial charge >= 0.3 is 5.97 Å². The van der Waals surface area contributed by atoms with E-state index < -0.39 is 12.0 Å². The lowest BCUT2D eigenvalue weighted by atomic mass is 10.0. The fraction of sp³-hybridized carbons (Fsp3) is 0.429. The van der Waals surface area contributed by atoms with Gasteiger partial charge in [0.05, 0.1) is 19.2 Å². The first-order valence-electron chi connectivity index (χ1n) is 6.41. The summed E-state index contributed by atoms with van der Waals surface area (Å²) in [5.74, 6) is -0.479. The van der Waals surface area contributed by atoms with Gasteiger partial charge in [-0.3, -0.25) is 4.79 Å². The summed E-state index contributed by atoms with van der Waals surface area (Å²) in [4.78, 5) is 24.2. The molecule has 0 radical (unpaired) electrons. The summed E-state index contributed by atoms with van der Waals surface area (Å²) in [6.07, 6.45) is 2.16. The fourth-order valence-electron chi connectivity index (χ4n) is 2.27. The molecule has 1 unspecified atom stereocenters. The molecule has 1 aromatic rings. The molecular weight excluding hydrogens is 298 g/mol. The minimum Gasteiger partial charge on any atom is -0.493 e. The second kappa shape index (κ2) is 6.22.